The maximum atomic E-state index is 3.26. The lowest BCUT2D eigenvalue weighted by Crippen LogP contribution is -2.30. The normalized spacial score (nSPS) is 16.1. The number of unbranched alkanes of at least 4 members (excludes halogenated alkanes) is 4. The minimum Gasteiger partial charge on any atom is -0.370 e. The van der Waals surface area contributed by atoms with Crippen molar-refractivity contribution in [3.8, 4) is 0 Å². The molecule has 0 aliphatic carbocycles. The predicted octanol–water partition coefficient (Wildman–Crippen LogP) is 2.89. The van der Waals surface area contributed by atoms with E-state index in [4.69, 9.17) is 0 Å². The number of nitrogens with one attached hydrogen (secondary N) is 2. The molecule has 1 aliphatic rings. The van der Waals surface area contributed by atoms with Gasteiger partial charge in [0.2, 0.25) is 0 Å². The van der Waals surface area contributed by atoms with Gasteiger partial charge in [-0.15, -0.1) is 0 Å². The summed E-state index contributed by atoms with van der Waals surface area (Å²) in [7, 11) is 0. The molecule has 80 valence electrons. The van der Waals surface area contributed by atoms with Gasteiger partial charge in [-0.2, -0.15) is 0 Å². The van der Waals surface area contributed by atoms with Crippen molar-refractivity contribution < 1.29 is 0 Å². The quantitative estimate of drug-likeness (QED) is 0.481. The summed E-state index contributed by atoms with van der Waals surface area (Å²) in [6.45, 7) is 2.09. The summed E-state index contributed by atoms with van der Waals surface area (Å²) in [6.07, 6.45) is 16.7. The third-order valence-electron chi connectivity index (χ3n) is 2.53. The Kier molecular flexibility index (Phi) is 5.96. The molecule has 1 aliphatic heterocycles. The summed E-state index contributed by atoms with van der Waals surface area (Å²) >= 11 is 0. The highest BCUT2D eigenvalue weighted by Gasteiger charge is 2.05. The Hall–Kier alpha value is -0.920. The van der Waals surface area contributed by atoms with Crippen LogP contribution < -0.4 is 10.6 Å². The lowest BCUT2D eigenvalue weighted by molar-refractivity contribution is 0.487. The van der Waals surface area contributed by atoms with Crippen LogP contribution in [-0.2, 0) is 0 Å². The Morgan fingerprint density at radius 3 is 2.50 bits per heavy atom. The van der Waals surface area contributed by atoms with Crippen LogP contribution in [0.5, 0.6) is 0 Å². The standard InChI is InChI=1S/C12H22N2/c1-2-3-4-5-6-7-8-9-12-13-10-11-14-12/h2-3,10-14H,4-9H2,1H3/b3-2+. The molecule has 0 saturated carbocycles. The average Bonchev–Trinajstić information content (AvgIpc) is 2.69. The van der Waals surface area contributed by atoms with Crippen molar-refractivity contribution in [1.29, 1.82) is 0 Å². The minimum atomic E-state index is 0.491. The second-order valence-electron chi connectivity index (χ2n) is 3.78. The Labute approximate surface area is 87.5 Å². The molecular weight excluding hydrogens is 172 g/mol. The molecule has 1 heterocycles. The van der Waals surface area contributed by atoms with Crippen LogP contribution in [0.2, 0.25) is 0 Å². The van der Waals surface area contributed by atoms with Crippen LogP contribution in [0.15, 0.2) is 24.6 Å². The van der Waals surface area contributed by atoms with Gasteiger partial charge in [-0.05, 0) is 32.6 Å². The van der Waals surface area contributed by atoms with E-state index in [0.29, 0.717) is 6.17 Å². The van der Waals surface area contributed by atoms with Gasteiger partial charge in [0.25, 0.3) is 0 Å². The highest BCUT2D eigenvalue weighted by molar-refractivity contribution is 4.90. The number of allylic oxidation sites excluding steroid dienone is 2. The molecule has 2 nitrogen and oxygen atoms in total. The van der Waals surface area contributed by atoms with E-state index in [-0.39, 0.29) is 0 Å². The zero-order valence-corrected chi connectivity index (χ0v) is 9.13. The van der Waals surface area contributed by atoms with Crippen LogP contribution in [0.1, 0.15) is 45.4 Å². The van der Waals surface area contributed by atoms with Crippen molar-refractivity contribution in [2.24, 2.45) is 0 Å². The van der Waals surface area contributed by atoms with Gasteiger partial charge in [-0.3, -0.25) is 0 Å². The van der Waals surface area contributed by atoms with Crippen LogP contribution in [-0.4, -0.2) is 6.17 Å². The van der Waals surface area contributed by atoms with Crippen molar-refractivity contribution in [3.63, 3.8) is 0 Å². The Bertz CT molecular complexity index is 177. The summed E-state index contributed by atoms with van der Waals surface area (Å²) in [4.78, 5) is 0. The van der Waals surface area contributed by atoms with E-state index in [0.717, 1.165) is 0 Å². The van der Waals surface area contributed by atoms with E-state index < -0.39 is 0 Å². The Morgan fingerprint density at radius 2 is 1.79 bits per heavy atom. The summed E-state index contributed by atoms with van der Waals surface area (Å²) in [5.41, 5.74) is 0. The summed E-state index contributed by atoms with van der Waals surface area (Å²) < 4.78 is 0. The first-order valence-electron chi connectivity index (χ1n) is 5.72. The first kappa shape index (κ1) is 11.2. The minimum absolute atomic E-state index is 0.491. The lowest BCUT2D eigenvalue weighted by atomic mass is 10.1. The van der Waals surface area contributed by atoms with Gasteiger partial charge in [0.15, 0.2) is 0 Å². The average molecular weight is 194 g/mol. The highest BCUT2D eigenvalue weighted by atomic mass is 15.1. The summed E-state index contributed by atoms with van der Waals surface area (Å²) in [6, 6.07) is 0. The first-order valence-corrected chi connectivity index (χ1v) is 5.72. The second kappa shape index (κ2) is 7.48. The molecule has 0 spiro atoms. The molecule has 0 bridgehead atoms. The fourth-order valence-corrected chi connectivity index (χ4v) is 1.67. The van der Waals surface area contributed by atoms with Crippen molar-refractivity contribution in [1.82, 2.24) is 10.6 Å². The van der Waals surface area contributed by atoms with Crippen molar-refractivity contribution in [2.75, 3.05) is 0 Å². The molecule has 0 amide bonds. The number of hydrogen-bond donors (Lipinski definition) is 2. The van der Waals surface area contributed by atoms with E-state index in [2.05, 4.69) is 29.7 Å². The van der Waals surface area contributed by atoms with Crippen LogP contribution in [0.4, 0.5) is 0 Å². The zero-order valence-electron chi connectivity index (χ0n) is 9.13. The number of rotatable bonds is 7. The maximum absolute atomic E-state index is 3.26. The Balaban J connectivity index is 1.80. The molecule has 0 atom stereocenters. The highest BCUT2D eigenvalue weighted by Crippen LogP contribution is 2.08. The molecule has 0 aromatic rings. The van der Waals surface area contributed by atoms with E-state index in [1.165, 1.54) is 38.5 Å². The van der Waals surface area contributed by atoms with E-state index in [1.807, 2.05) is 12.4 Å². The predicted molar refractivity (Wildman–Crippen MR) is 61.7 cm³/mol. The molecule has 0 radical (unpaired) electrons. The molecule has 2 heteroatoms. The second-order valence-corrected chi connectivity index (χ2v) is 3.78. The molecule has 0 aromatic heterocycles. The first-order chi connectivity index (χ1) is 6.93. The monoisotopic (exact) mass is 194 g/mol. The van der Waals surface area contributed by atoms with Crippen molar-refractivity contribution >= 4 is 0 Å². The summed E-state index contributed by atoms with van der Waals surface area (Å²) in [5, 5.41) is 6.53. The fraction of sp³-hybridized carbons (Fsp3) is 0.667. The van der Waals surface area contributed by atoms with Gasteiger partial charge in [0, 0.05) is 12.4 Å². The Morgan fingerprint density at radius 1 is 1.07 bits per heavy atom. The van der Waals surface area contributed by atoms with Crippen LogP contribution in [0, 0.1) is 0 Å². The van der Waals surface area contributed by atoms with E-state index >= 15 is 0 Å². The topological polar surface area (TPSA) is 24.1 Å². The van der Waals surface area contributed by atoms with E-state index in [9.17, 15) is 0 Å². The smallest absolute Gasteiger partial charge is 0.0955 e. The lowest BCUT2D eigenvalue weighted by Gasteiger charge is -2.11. The van der Waals surface area contributed by atoms with Gasteiger partial charge >= 0.3 is 0 Å². The van der Waals surface area contributed by atoms with Crippen LogP contribution in [0.3, 0.4) is 0 Å². The third kappa shape index (κ3) is 4.95. The molecule has 2 N–H and O–H groups in total. The van der Waals surface area contributed by atoms with Gasteiger partial charge < -0.3 is 10.6 Å². The van der Waals surface area contributed by atoms with Gasteiger partial charge in [-0.1, -0.05) is 25.0 Å². The number of hydrogen-bond acceptors (Lipinski definition) is 2. The molecule has 0 aromatic carbocycles. The SMILES string of the molecule is C/C=C/CCCCCCC1NC=CN1. The fourth-order valence-electron chi connectivity index (χ4n) is 1.67. The molecule has 0 saturated heterocycles. The van der Waals surface area contributed by atoms with Gasteiger partial charge in [0.1, 0.15) is 0 Å². The van der Waals surface area contributed by atoms with Crippen molar-refractivity contribution in [3.05, 3.63) is 24.6 Å². The molecule has 0 fully saturated rings. The molecule has 14 heavy (non-hydrogen) atoms. The van der Waals surface area contributed by atoms with Crippen molar-refractivity contribution in [2.45, 2.75) is 51.6 Å². The van der Waals surface area contributed by atoms with Crippen LogP contribution in [0.25, 0.3) is 0 Å². The van der Waals surface area contributed by atoms with E-state index in [1.54, 1.807) is 0 Å². The summed E-state index contributed by atoms with van der Waals surface area (Å²) in [5.74, 6) is 0. The molecule has 0 unspecified atom stereocenters. The third-order valence-corrected chi connectivity index (χ3v) is 2.53. The zero-order chi connectivity index (χ0) is 10.1. The molecular formula is C12H22N2. The van der Waals surface area contributed by atoms with Gasteiger partial charge in [-0.25, -0.2) is 0 Å². The largest absolute Gasteiger partial charge is 0.370 e. The van der Waals surface area contributed by atoms with Gasteiger partial charge in [0.05, 0.1) is 6.17 Å². The molecule has 1 rings (SSSR count). The van der Waals surface area contributed by atoms with Crippen LogP contribution >= 0.6 is 0 Å². The maximum Gasteiger partial charge on any atom is 0.0955 e.